The lowest BCUT2D eigenvalue weighted by Crippen LogP contribution is -2.45. The van der Waals surface area contributed by atoms with Crippen molar-refractivity contribution in [3.63, 3.8) is 0 Å². The molecule has 0 spiro atoms. The fourth-order valence-corrected chi connectivity index (χ4v) is 1.70. The van der Waals surface area contributed by atoms with Crippen molar-refractivity contribution in [3.8, 4) is 0 Å². The van der Waals surface area contributed by atoms with Crippen molar-refractivity contribution in [2.45, 2.75) is 25.3 Å². The van der Waals surface area contributed by atoms with Gasteiger partial charge in [-0.1, -0.05) is 6.07 Å². The Bertz CT molecular complexity index is 415. The van der Waals surface area contributed by atoms with E-state index in [1.54, 1.807) is 12.1 Å². The second-order valence-corrected chi connectivity index (χ2v) is 4.19. The van der Waals surface area contributed by atoms with E-state index in [4.69, 9.17) is 5.73 Å². The van der Waals surface area contributed by atoms with Crippen LogP contribution in [0.2, 0.25) is 0 Å². The minimum atomic E-state index is -0.706. The third kappa shape index (κ3) is 1.93. The number of amides is 1. The van der Waals surface area contributed by atoms with Crippen LogP contribution in [0.4, 0.5) is 10.1 Å². The fourth-order valence-electron chi connectivity index (χ4n) is 1.70. The van der Waals surface area contributed by atoms with Crippen LogP contribution in [-0.2, 0) is 4.79 Å². The minimum absolute atomic E-state index is 0.111. The maximum absolute atomic E-state index is 13.1. The van der Waals surface area contributed by atoms with Crippen LogP contribution >= 0.6 is 0 Å². The molecule has 0 radical (unpaired) electrons. The maximum atomic E-state index is 13.1. The van der Waals surface area contributed by atoms with Gasteiger partial charge in [-0.15, -0.1) is 0 Å². The predicted molar refractivity (Wildman–Crippen MR) is 60.6 cm³/mol. The van der Waals surface area contributed by atoms with Crippen molar-refractivity contribution in [2.24, 2.45) is 5.73 Å². The first-order valence-electron chi connectivity index (χ1n) is 5.43. The molecule has 1 fully saturated rings. The molecule has 1 aliphatic rings. The van der Waals surface area contributed by atoms with E-state index in [1.807, 2.05) is 6.92 Å². The van der Waals surface area contributed by atoms with E-state index < -0.39 is 5.54 Å². The van der Waals surface area contributed by atoms with E-state index in [0.29, 0.717) is 12.2 Å². The number of carbonyl (C=O) groups excluding carboxylic acids is 1. The smallest absolute Gasteiger partial charge is 0.247 e. The molecule has 0 bridgehead atoms. The topological polar surface area (TPSA) is 46.3 Å². The lowest BCUT2D eigenvalue weighted by atomic mass is 10.2. The number of halogens is 1. The van der Waals surface area contributed by atoms with Crippen LogP contribution in [0.15, 0.2) is 24.3 Å². The Morgan fingerprint density at radius 3 is 2.75 bits per heavy atom. The highest BCUT2D eigenvalue weighted by Gasteiger charge is 2.48. The average Bonchev–Trinajstić information content (AvgIpc) is 2.99. The Morgan fingerprint density at radius 2 is 2.25 bits per heavy atom. The third-order valence-corrected chi connectivity index (χ3v) is 2.90. The Labute approximate surface area is 94.0 Å². The number of hydrogen-bond acceptors (Lipinski definition) is 2. The van der Waals surface area contributed by atoms with Crippen molar-refractivity contribution in [1.29, 1.82) is 0 Å². The molecular formula is C12H15FN2O. The molecule has 0 aromatic heterocycles. The number of carbonyl (C=O) groups is 1. The monoisotopic (exact) mass is 222 g/mol. The van der Waals surface area contributed by atoms with Crippen LogP contribution in [0.25, 0.3) is 0 Å². The first-order valence-corrected chi connectivity index (χ1v) is 5.43. The van der Waals surface area contributed by atoms with Crippen LogP contribution in [0, 0.1) is 5.82 Å². The van der Waals surface area contributed by atoms with Crippen molar-refractivity contribution < 1.29 is 9.18 Å². The summed E-state index contributed by atoms with van der Waals surface area (Å²) in [5, 5.41) is 0. The van der Waals surface area contributed by atoms with E-state index in [1.165, 1.54) is 17.0 Å². The number of nitrogens with zero attached hydrogens (tertiary/aromatic N) is 1. The molecule has 2 rings (SSSR count). The highest BCUT2D eigenvalue weighted by molar-refractivity contribution is 6.02. The van der Waals surface area contributed by atoms with E-state index >= 15 is 0 Å². The van der Waals surface area contributed by atoms with E-state index in [2.05, 4.69) is 0 Å². The zero-order valence-corrected chi connectivity index (χ0v) is 9.24. The van der Waals surface area contributed by atoms with Crippen LogP contribution < -0.4 is 10.6 Å². The SMILES string of the molecule is CCN(C(=O)C1(N)CC1)c1cccc(F)c1. The summed E-state index contributed by atoms with van der Waals surface area (Å²) < 4.78 is 13.1. The molecule has 1 amide bonds. The van der Waals surface area contributed by atoms with Gasteiger partial charge in [0.25, 0.3) is 0 Å². The minimum Gasteiger partial charge on any atom is -0.317 e. The van der Waals surface area contributed by atoms with Crippen LogP contribution in [0.1, 0.15) is 19.8 Å². The van der Waals surface area contributed by atoms with Gasteiger partial charge in [0.05, 0.1) is 5.54 Å². The molecule has 4 heteroatoms. The molecule has 0 unspecified atom stereocenters. The average molecular weight is 222 g/mol. The fraction of sp³-hybridized carbons (Fsp3) is 0.417. The Hall–Kier alpha value is -1.42. The quantitative estimate of drug-likeness (QED) is 0.845. The number of anilines is 1. The highest BCUT2D eigenvalue weighted by Crippen LogP contribution is 2.35. The Kier molecular flexibility index (Phi) is 2.68. The van der Waals surface area contributed by atoms with E-state index in [9.17, 15) is 9.18 Å². The van der Waals surface area contributed by atoms with Gasteiger partial charge in [0.1, 0.15) is 5.82 Å². The van der Waals surface area contributed by atoms with Crippen LogP contribution in [0.5, 0.6) is 0 Å². The summed E-state index contributed by atoms with van der Waals surface area (Å²) in [6.45, 7) is 2.36. The summed E-state index contributed by atoms with van der Waals surface area (Å²) in [7, 11) is 0. The Morgan fingerprint density at radius 1 is 1.56 bits per heavy atom. The second-order valence-electron chi connectivity index (χ2n) is 4.19. The molecule has 0 atom stereocenters. The molecule has 86 valence electrons. The summed E-state index contributed by atoms with van der Waals surface area (Å²) in [5.74, 6) is -0.453. The molecule has 0 saturated heterocycles. The molecule has 0 aliphatic heterocycles. The van der Waals surface area contributed by atoms with Gasteiger partial charge in [-0.25, -0.2) is 4.39 Å². The predicted octanol–water partition coefficient (Wildman–Crippen LogP) is 1.67. The van der Waals surface area contributed by atoms with Crippen molar-refractivity contribution >= 4 is 11.6 Å². The summed E-state index contributed by atoms with van der Waals surface area (Å²) in [6, 6.07) is 6.03. The molecule has 1 aliphatic carbocycles. The molecule has 16 heavy (non-hydrogen) atoms. The van der Waals surface area contributed by atoms with Crippen LogP contribution in [0.3, 0.4) is 0 Å². The van der Waals surface area contributed by atoms with Gasteiger partial charge < -0.3 is 10.6 Å². The summed E-state index contributed by atoms with van der Waals surface area (Å²) >= 11 is 0. The molecule has 3 nitrogen and oxygen atoms in total. The van der Waals surface area contributed by atoms with Gasteiger partial charge in [-0.3, -0.25) is 4.79 Å². The van der Waals surface area contributed by atoms with Gasteiger partial charge in [-0.2, -0.15) is 0 Å². The lowest BCUT2D eigenvalue weighted by Gasteiger charge is -2.24. The Balaban J connectivity index is 2.25. The van der Waals surface area contributed by atoms with Crippen LogP contribution in [-0.4, -0.2) is 18.0 Å². The third-order valence-electron chi connectivity index (χ3n) is 2.90. The maximum Gasteiger partial charge on any atom is 0.247 e. The van der Waals surface area contributed by atoms with Crippen molar-refractivity contribution in [2.75, 3.05) is 11.4 Å². The zero-order valence-electron chi connectivity index (χ0n) is 9.24. The van der Waals surface area contributed by atoms with Gasteiger partial charge in [-0.05, 0) is 38.0 Å². The van der Waals surface area contributed by atoms with Gasteiger partial charge in [0.2, 0.25) is 5.91 Å². The molecule has 1 aromatic carbocycles. The molecule has 1 aromatic rings. The molecular weight excluding hydrogens is 207 g/mol. The highest BCUT2D eigenvalue weighted by atomic mass is 19.1. The first-order chi connectivity index (χ1) is 7.57. The zero-order chi connectivity index (χ0) is 11.8. The van der Waals surface area contributed by atoms with Gasteiger partial charge in [0, 0.05) is 12.2 Å². The number of likely N-dealkylation sites (N-methyl/N-ethyl adjacent to an activating group) is 1. The van der Waals surface area contributed by atoms with Crippen molar-refractivity contribution in [1.82, 2.24) is 0 Å². The second kappa shape index (κ2) is 3.87. The summed E-state index contributed by atoms with van der Waals surface area (Å²) in [4.78, 5) is 13.6. The van der Waals surface area contributed by atoms with Gasteiger partial charge in [0.15, 0.2) is 0 Å². The number of hydrogen-bond donors (Lipinski definition) is 1. The number of nitrogens with two attached hydrogens (primary N) is 1. The van der Waals surface area contributed by atoms with E-state index in [0.717, 1.165) is 12.8 Å². The first kappa shape index (κ1) is 11.1. The normalized spacial score (nSPS) is 16.9. The van der Waals surface area contributed by atoms with E-state index in [-0.39, 0.29) is 11.7 Å². The number of benzene rings is 1. The standard InChI is InChI=1S/C12H15FN2O/c1-2-15(11(16)12(14)6-7-12)10-5-3-4-9(13)8-10/h3-5,8H,2,6-7,14H2,1H3. The van der Waals surface area contributed by atoms with Crippen molar-refractivity contribution in [3.05, 3.63) is 30.1 Å². The summed E-state index contributed by atoms with van der Waals surface area (Å²) in [5.41, 5.74) is 5.72. The molecule has 2 N–H and O–H groups in total. The summed E-state index contributed by atoms with van der Waals surface area (Å²) in [6.07, 6.45) is 1.44. The number of rotatable bonds is 3. The molecule has 0 heterocycles. The lowest BCUT2D eigenvalue weighted by molar-refractivity contribution is -0.120. The van der Waals surface area contributed by atoms with Gasteiger partial charge >= 0.3 is 0 Å². The molecule has 1 saturated carbocycles. The largest absolute Gasteiger partial charge is 0.317 e.